The van der Waals surface area contributed by atoms with Crippen molar-refractivity contribution in [2.45, 2.75) is 6.92 Å². The Balaban J connectivity index is 1.96. The molecule has 0 fully saturated rings. The van der Waals surface area contributed by atoms with Gasteiger partial charge in [0, 0.05) is 11.6 Å². The van der Waals surface area contributed by atoms with Crippen molar-refractivity contribution in [3.63, 3.8) is 0 Å². The number of rotatable bonds is 5. The number of benzene rings is 1. The van der Waals surface area contributed by atoms with E-state index >= 15 is 0 Å². The zero-order valence-electron chi connectivity index (χ0n) is 12.4. The monoisotopic (exact) mass is 345 g/mol. The molecule has 24 heavy (non-hydrogen) atoms. The van der Waals surface area contributed by atoms with Gasteiger partial charge in [0.15, 0.2) is 6.61 Å². The molecule has 1 N–H and O–H groups in total. The highest BCUT2D eigenvalue weighted by molar-refractivity contribution is 7.14. The minimum Gasteiger partial charge on any atom is -0.452 e. The number of hydrogen-bond donors (Lipinski definition) is 1. The van der Waals surface area contributed by atoms with Crippen molar-refractivity contribution in [2.75, 3.05) is 11.9 Å². The maximum Gasteiger partial charge on any atom is 0.338 e. The molecule has 2 rings (SSSR count). The molecule has 0 unspecified atom stereocenters. The number of nitrogens with one attached hydrogen (secondary N) is 1. The van der Waals surface area contributed by atoms with Crippen molar-refractivity contribution in [1.82, 2.24) is 0 Å². The Morgan fingerprint density at radius 3 is 2.79 bits per heavy atom. The number of ether oxygens (including phenoxy) is 1. The molecule has 2 aromatic rings. The van der Waals surface area contributed by atoms with Crippen molar-refractivity contribution in [3.05, 3.63) is 56.5 Å². The second kappa shape index (κ2) is 7.34. The molecule has 0 bridgehead atoms. The van der Waals surface area contributed by atoms with Crippen LogP contribution in [0.5, 0.6) is 0 Å². The minimum atomic E-state index is -0.769. The lowest BCUT2D eigenvalue weighted by Crippen LogP contribution is -2.20. The first kappa shape index (κ1) is 17.1. The van der Waals surface area contributed by atoms with Crippen molar-refractivity contribution in [3.8, 4) is 6.07 Å². The maximum absolute atomic E-state index is 11.9. The first-order chi connectivity index (χ1) is 11.4. The van der Waals surface area contributed by atoms with E-state index in [1.807, 2.05) is 6.07 Å². The summed E-state index contributed by atoms with van der Waals surface area (Å²) in [5.41, 5.74) is 0.646. The smallest absolute Gasteiger partial charge is 0.338 e. The normalized spacial score (nSPS) is 9.83. The average Bonchev–Trinajstić information content (AvgIpc) is 2.99. The number of amides is 1. The Labute approximate surface area is 140 Å². The number of thiophene rings is 1. The van der Waals surface area contributed by atoms with Gasteiger partial charge in [0.1, 0.15) is 11.1 Å². The van der Waals surface area contributed by atoms with Crippen LogP contribution < -0.4 is 5.32 Å². The Bertz CT molecular complexity index is 853. The Morgan fingerprint density at radius 2 is 2.17 bits per heavy atom. The van der Waals surface area contributed by atoms with Crippen LogP contribution in [0.25, 0.3) is 0 Å². The Kier molecular flexibility index (Phi) is 5.23. The van der Waals surface area contributed by atoms with Crippen LogP contribution in [0.4, 0.5) is 10.7 Å². The number of hydrogen-bond acceptors (Lipinski definition) is 7. The summed E-state index contributed by atoms with van der Waals surface area (Å²) in [5.74, 6) is -1.35. The lowest BCUT2D eigenvalue weighted by Gasteiger charge is -2.06. The molecule has 0 aliphatic carbocycles. The highest BCUT2D eigenvalue weighted by Crippen LogP contribution is 2.22. The molecule has 8 nitrogen and oxygen atoms in total. The average molecular weight is 345 g/mol. The van der Waals surface area contributed by atoms with Gasteiger partial charge < -0.3 is 10.1 Å². The van der Waals surface area contributed by atoms with Gasteiger partial charge in [-0.05, 0) is 30.5 Å². The van der Waals surface area contributed by atoms with Gasteiger partial charge in [0.2, 0.25) is 0 Å². The van der Waals surface area contributed by atoms with E-state index in [-0.39, 0.29) is 11.3 Å². The van der Waals surface area contributed by atoms with Crippen LogP contribution in [-0.4, -0.2) is 23.4 Å². The van der Waals surface area contributed by atoms with Gasteiger partial charge in [-0.1, -0.05) is 0 Å². The molecule has 9 heteroatoms. The van der Waals surface area contributed by atoms with Gasteiger partial charge in [0.05, 0.1) is 16.1 Å². The maximum atomic E-state index is 11.9. The topological polar surface area (TPSA) is 122 Å². The van der Waals surface area contributed by atoms with E-state index in [1.54, 1.807) is 11.4 Å². The number of esters is 1. The molecule has 1 heterocycles. The van der Waals surface area contributed by atoms with Crippen molar-refractivity contribution in [1.29, 1.82) is 5.26 Å². The fraction of sp³-hybridized carbons (Fsp3) is 0.133. The fourth-order valence-electron chi connectivity index (χ4n) is 1.86. The molecule has 122 valence electrons. The zero-order valence-corrected chi connectivity index (χ0v) is 13.3. The number of nitro benzene ring substituents is 1. The molecule has 0 spiro atoms. The molecule has 0 aliphatic heterocycles. The van der Waals surface area contributed by atoms with Crippen LogP contribution in [0.15, 0.2) is 29.6 Å². The third-order valence-corrected chi connectivity index (χ3v) is 3.83. The van der Waals surface area contributed by atoms with E-state index in [1.165, 1.54) is 36.5 Å². The lowest BCUT2D eigenvalue weighted by atomic mass is 10.1. The van der Waals surface area contributed by atoms with Crippen molar-refractivity contribution < 1.29 is 19.2 Å². The summed E-state index contributed by atoms with van der Waals surface area (Å²) in [4.78, 5) is 33.8. The first-order valence-corrected chi connectivity index (χ1v) is 7.50. The third-order valence-electron chi connectivity index (χ3n) is 3.00. The quantitative estimate of drug-likeness (QED) is 0.505. The van der Waals surface area contributed by atoms with Crippen molar-refractivity contribution in [2.24, 2.45) is 0 Å². The summed E-state index contributed by atoms with van der Waals surface area (Å²) < 4.78 is 4.87. The van der Waals surface area contributed by atoms with E-state index in [2.05, 4.69) is 5.32 Å². The van der Waals surface area contributed by atoms with Crippen LogP contribution in [0.2, 0.25) is 0 Å². The van der Waals surface area contributed by atoms with E-state index in [9.17, 15) is 19.7 Å². The summed E-state index contributed by atoms with van der Waals surface area (Å²) >= 11 is 1.18. The Hall–Kier alpha value is -3.25. The molecule has 1 aromatic carbocycles. The molecule has 0 aliphatic rings. The lowest BCUT2D eigenvalue weighted by molar-refractivity contribution is -0.385. The van der Waals surface area contributed by atoms with Crippen LogP contribution in [-0.2, 0) is 9.53 Å². The SMILES string of the molecule is Cc1cc(C(=O)OCC(=O)Nc2sccc2C#N)ccc1[N+](=O)[O-]. The molecule has 0 atom stereocenters. The number of aryl methyl sites for hydroxylation is 1. The molecule has 0 saturated heterocycles. The zero-order chi connectivity index (χ0) is 17.7. The number of nitro groups is 1. The Morgan fingerprint density at radius 1 is 1.42 bits per heavy atom. The number of nitrogens with zero attached hydrogens (tertiary/aromatic N) is 2. The van der Waals surface area contributed by atoms with Crippen LogP contribution in [0, 0.1) is 28.4 Å². The van der Waals surface area contributed by atoms with E-state index < -0.39 is 23.4 Å². The summed E-state index contributed by atoms with van der Waals surface area (Å²) in [5, 5.41) is 24.1. The fourth-order valence-corrected chi connectivity index (χ4v) is 2.61. The highest BCUT2D eigenvalue weighted by atomic mass is 32.1. The standard InChI is InChI=1S/C15H11N3O5S/c1-9-6-10(2-3-12(9)18(21)22)15(20)23-8-13(19)17-14-11(7-16)4-5-24-14/h2-6H,8H2,1H3,(H,17,19). The van der Waals surface area contributed by atoms with Gasteiger partial charge in [-0.15, -0.1) is 11.3 Å². The molecular weight excluding hydrogens is 334 g/mol. The summed E-state index contributed by atoms with van der Waals surface area (Å²) in [6.45, 7) is 0.972. The van der Waals surface area contributed by atoms with Crippen LogP contribution in [0.1, 0.15) is 21.5 Å². The van der Waals surface area contributed by atoms with Gasteiger partial charge in [-0.2, -0.15) is 5.26 Å². The first-order valence-electron chi connectivity index (χ1n) is 6.62. The molecule has 0 saturated carbocycles. The second-order valence-electron chi connectivity index (χ2n) is 4.66. The molecule has 1 aromatic heterocycles. The molecule has 0 radical (unpaired) electrons. The van der Waals surface area contributed by atoms with Gasteiger partial charge in [-0.25, -0.2) is 4.79 Å². The highest BCUT2D eigenvalue weighted by Gasteiger charge is 2.16. The number of anilines is 1. The van der Waals surface area contributed by atoms with E-state index in [4.69, 9.17) is 10.00 Å². The minimum absolute atomic E-state index is 0.106. The molecule has 1 amide bonds. The molecular formula is C15H11N3O5S. The predicted octanol–water partition coefficient (Wildman–Crippen LogP) is 2.63. The second-order valence-corrected chi connectivity index (χ2v) is 5.57. The summed E-state index contributed by atoms with van der Waals surface area (Å²) in [7, 11) is 0. The van der Waals surface area contributed by atoms with Gasteiger partial charge in [-0.3, -0.25) is 14.9 Å². The number of carbonyl (C=O) groups excluding carboxylic acids is 2. The van der Waals surface area contributed by atoms with Crippen LogP contribution >= 0.6 is 11.3 Å². The largest absolute Gasteiger partial charge is 0.452 e. The number of carbonyl (C=O) groups is 2. The van der Waals surface area contributed by atoms with Crippen molar-refractivity contribution >= 4 is 33.9 Å². The summed E-state index contributed by atoms with van der Waals surface area (Å²) in [6.07, 6.45) is 0. The summed E-state index contributed by atoms with van der Waals surface area (Å²) in [6, 6.07) is 7.28. The van der Waals surface area contributed by atoms with Crippen LogP contribution in [0.3, 0.4) is 0 Å². The van der Waals surface area contributed by atoms with E-state index in [0.717, 1.165) is 0 Å². The van der Waals surface area contributed by atoms with Gasteiger partial charge in [0.25, 0.3) is 11.6 Å². The predicted molar refractivity (Wildman–Crippen MR) is 85.8 cm³/mol. The van der Waals surface area contributed by atoms with Gasteiger partial charge >= 0.3 is 5.97 Å². The van der Waals surface area contributed by atoms with E-state index in [0.29, 0.717) is 16.1 Å². The number of nitriles is 1. The third kappa shape index (κ3) is 3.93.